The molecule has 0 rings (SSSR count). The number of nitrogens with one attached hydrogen (secondary N) is 2. The maximum atomic E-state index is 11.1. The van der Waals surface area contributed by atoms with Gasteiger partial charge in [-0.05, 0) is 19.3 Å². The zero-order valence-electron chi connectivity index (χ0n) is 8.83. The van der Waals surface area contributed by atoms with Crippen LogP contribution < -0.4 is 10.6 Å². The molecule has 5 nitrogen and oxygen atoms in total. The third-order valence-electron chi connectivity index (χ3n) is 1.73. The lowest BCUT2D eigenvalue weighted by molar-refractivity contribution is -0.138. The van der Waals surface area contributed by atoms with E-state index in [1.165, 1.54) is 6.92 Å². The van der Waals surface area contributed by atoms with Crippen molar-refractivity contribution in [2.75, 3.05) is 6.54 Å². The fourth-order valence-corrected chi connectivity index (χ4v) is 0.784. The molecule has 0 unspecified atom stereocenters. The quantitative estimate of drug-likeness (QED) is 0.617. The topological polar surface area (TPSA) is 78.4 Å². The van der Waals surface area contributed by atoms with Crippen molar-refractivity contribution < 1.29 is 14.7 Å². The summed E-state index contributed by atoms with van der Waals surface area (Å²) in [6, 6.07) is -1.28. The van der Waals surface area contributed by atoms with Gasteiger partial charge in [-0.25, -0.2) is 4.79 Å². The van der Waals surface area contributed by atoms with E-state index in [9.17, 15) is 9.59 Å². The van der Waals surface area contributed by atoms with Crippen molar-refractivity contribution in [3.05, 3.63) is 0 Å². The van der Waals surface area contributed by atoms with Gasteiger partial charge in [0.2, 0.25) is 0 Å². The normalized spacial score (nSPS) is 12.3. The van der Waals surface area contributed by atoms with Gasteiger partial charge in [-0.3, -0.25) is 4.79 Å². The van der Waals surface area contributed by atoms with Crippen LogP contribution in [0.15, 0.2) is 0 Å². The lowest BCUT2D eigenvalue weighted by atomic mass is 10.1. The van der Waals surface area contributed by atoms with Gasteiger partial charge in [0.05, 0.1) is 0 Å². The monoisotopic (exact) mass is 202 g/mol. The Morgan fingerprint density at radius 3 is 2.29 bits per heavy atom. The highest BCUT2D eigenvalue weighted by Crippen LogP contribution is 1.95. The van der Waals surface area contributed by atoms with Crippen LogP contribution in [0.5, 0.6) is 0 Å². The molecule has 1 atom stereocenters. The highest BCUT2D eigenvalue weighted by Gasteiger charge is 2.12. The number of carboxylic acids is 1. The predicted octanol–water partition coefficient (Wildman–Crippen LogP) is 0.805. The summed E-state index contributed by atoms with van der Waals surface area (Å²) in [5.74, 6) is -0.517. The van der Waals surface area contributed by atoms with Crippen LogP contribution in [0.2, 0.25) is 0 Å². The second-order valence-electron chi connectivity index (χ2n) is 3.64. The molecular formula is C9H18N2O3. The van der Waals surface area contributed by atoms with Crippen molar-refractivity contribution in [3.63, 3.8) is 0 Å². The fraction of sp³-hybridized carbons (Fsp3) is 0.778. The van der Waals surface area contributed by atoms with Gasteiger partial charge in [0.25, 0.3) is 0 Å². The van der Waals surface area contributed by atoms with Gasteiger partial charge in [0.1, 0.15) is 6.04 Å². The number of urea groups is 1. The van der Waals surface area contributed by atoms with Crippen LogP contribution in [0, 0.1) is 5.92 Å². The molecule has 0 aliphatic carbocycles. The number of carbonyl (C=O) groups is 2. The Hall–Kier alpha value is -1.26. The van der Waals surface area contributed by atoms with Crippen LogP contribution in [-0.4, -0.2) is 29.7 Å². The van der Waals surface area contributed by atoms with Crippen LogP contribution in [0.4, 0.5) is 4.79 Å². The van der Waals surface area contributed by atoms with Crippen LogP contribution in [0.25, 0.3) is 0 Å². The molecule has 0 bridgehead atoms. The summed E-state index contributed by atoms with van der Waals surface area (Å²) in [5.41, 5.74) is 0. The molecule has 82 valence electrons. The zero-order chi connectivity index (χ0) is 11.1. The molecule has 0 aromatic carbocycles. The van der Waals surface area contributed by atoms with E-state index in [1.807, 2.05) is 0 Å². The average molecular weight is 202 g/mol. The second-order valence-corrected chi connectivity index (χ2v) is 3.64. The molecule has 5 heteroatoms. The number of carboxylic acid groups (broad SMARTS) is 1. The van der Waals surface area contributed by atoms with Gasteiger partial charge in [0.15, 0.2) is 0 Å². The molecule has 2 amide bonds. The fourth-order valence-electron chi connectivity index (χ4n) is 0.784. The first kappa shape index (κ1) is 12.7. The predicted molar refractivity (Wildman–Crippen MR) is 53.1 cm³/mol. The lowest BCUT2D eigenvalue weighted by Crippen LogP contribution is -2.44. The summed E-state index contributed by atoms with van der Waals surface area (Å²) < 4.78 is 0. The number of hydrogen-bond acceptors (Lipinski definition) is 2. The molecule has 0 heterocycles. The number of carbonyl (C=O) groups excluding carboxylic acids is 1. The molecule has 14 heavy (non-hydrogen) atoms. The Morgan fingerprint density at radius 2 is 1.86 bits per heavy atom. The molecule has 0 aromatic rings. The van der Waals surface area contributed by atoms with Crippen molar-refractivity contribution in [3.8, 4) is 0 Å². The molecule has 0 aliphatic rings. The van der Waals surface area contributed by atoms with Crippen molar-refractivity contribution in [2.45, 2.75) is 33.2 Å². The molecular weight excluding hydrogens is 184 g/mol. The average Bonchev–Trinajstić information content (AvgIpc) is 2.02. The summed E-state index contributed by atoms with van der Waals surface area (Å²) in [5, 5.41) is 13.4. The van der Waals surface area contributed by atoms with Gasteiger partial charge in [-0.1, -0.05) is 13.8 Å². The Bertz CT molecular complexity index is 204. The first-order valence-corrected chi connectivity index (χ1v) is 4.70. The Balaban J connectivity index is 3.60. The summed E-state index contributed by atoms with van der Waals surface area (Å²) in [4.78, 5) is 21.4. The Labute approximate surface area is 83.9 Å². The van der Waals surface area contributed by atoms with E-state index in [0.29, 0.717) is 12.5 Å². The lowest BCUT2D eigenvalue weighted by Gasteiger charge is -2.11. The van der Waals surface area contributed by atoms with Gasteiger partial charge in [0, 0.05) is 6.54 Å². The minimum Gasteiger partial charge on any atom is -0.480 e. The van der Waals surface area contributed by atoms with Gasteiger partial charge in [-0.15, -0.1) is 0 Å². The molecule has 0 saturated heterocycles. The van der Waals surface area contributed by atoms with E-state index >= 15 is 0 Å². The zero-order valence-corrected chi connectivity index (χ0v) is 8.83. The van der Waals surface area contributed by atoms with Crippen molar-refractivity contribution in [1.82, 2.24) is 10.6 Å². The largest absolute Gasteiger partial charge is 0.480 e. The summed E-state index contributed by atoms with van der Waals surface area (Å²) in [7, 11) is 0. The number of hydrogen-bond donors (Lipinski definition) is 3. The highest BCUT2D eigenvalue weighted by atomic mass is 16.4. The minimum absolute atomic E-state index is 0.430. The Morgan fingerprint density at radius 1 is 1.29 bits per heavy atom. The summed E-state index contributed by atoms with van der Waals surface area (Å²) in [6.07, 6.45) is 0.884. The third kappa shape index (κ3) is 6.28. The second kappa shape index (κ2) is 6.23. The SMILES string of the molecule is CC(C)CCNC(=O)N[C@H](C)C(=O)O. The number of aliphatic carboxylic acids is 1. The maximum Gasteiger partial charge on any atom is 0.325 e. The molecule has 0 aliphatic heterocycles. The summed E-state index contributed by atoms with van der Waals surface area (Å²) in [6.45, 7) is 6.10. The van der Waals surface area contributed by atoms with Crippen LogP contribution in [0.3, 0.4) is 0 Å². The number of amides is 2. The molecule has 0 radical (unpaired) electrons. The standard InChI is InChI=1S/C9H18N2O3/c1-6(2)4-5-10-9(14)11-7(3)8(12)13/h6-7H,4-5H2,1-3H3,(H,12,13)(H2,10,11,14)/t7-/m1/s1. The van der Waals surface area contributed by atoms with Gasteiger partial charge < -0.3 is 15.7 Å². The molecule has 0 saturated carbocycles. The summed E-state index contributed by atoms with van der Waals surface area (Å²) >= 11 is 0. The van der Waals surface area contributed by atoms with E-state index in [0.717, 1.165) is 6.42 Å². The van der Waals surface area contributed by atoms with Crippen molar-refractivity contribution >= 4 is 12.0 Å². The minimum atomic E-state index is -1.04. The third-order valence-corrected chi connectivity index (χ3v) is 1.73. The van der Waals surface area contributed by atoms with Gasteiger partial charge in [-0.2, -0.15) is 0 Å². The van der Waals surface area contributed by atoms with E-state index in [-0.39, 0.29) is 0 Å². The molecule has 0 fully saturated rings. The van der Waals surface area contributed by atoms with E-state index < -0.39 is 18.0 Å². The highest BCUT2D eigenvalue weighted by molar-refractivity contribution is 5.82. The Kier molecular flexibility index (Phi) is 5.67. The van der Waals surface area contributed by atoms with Crippen LogP contribution >= 0.6 is 0 Å². The van der Waals surface area contributed by atoms with E-state index in [1.54, 1.807) is 0 Å². The smallest absolute Gasteiger partial charge is 0.325 e. The maximum absolute atomic E-state index is 11.1. The molecule has 3 N–H and O–H groups in total. The van der Waals surface area contributed by atoms with Crippen molar-refractivity contribution in [1.29, 1.82) is 0 Å². The van der Waals surface area contributed by atoms with Crippen LogP contribution in [-0.2, 0) is 4.79 Å². The van der Waals surface area contributed by atoms with Crippen LogP contribution in [0.1, 0.15) is 27.2 Å². The first-order valence-electron chi connectivity index (χ1n) is 4.70. The van der Waals surface area contributed by atoms with E-state index in [4.69, 9.17) is 5.11 Å². The molecule has 0 spiro atoms. The van der Waals surface area contributed by atoms with E-state index in [2.05, 4.69) is 24.5 Å². The van der Waals surface area contributed by atoms with Gasteiger partial charge >= 0.3 is 12.0 Å². The molecule has 0 aromatic heterocycles. The number of rotatable bonds is 5. The first-order chi connectivity index (χ1) is 6.43. The van der Waals surface area contributed by atoms with Crippen molar-refractivity contribution in [2.24, 2.45) is 5.92 Å².